The summed E-state index contributed by atoms with van der Waals surface area (Å²) in [6.45, 7) is 10.6. The van der Waals surface area contributed by atoms with Crippen LogP contribution >= 0.6 is 0 Å². The predicted molar refractivity (Wildman–Crippen MR) is 78.0 cm³/mol. The molecule has 0 unspecified atom stereocenters. The lowest BCUT2D eigenvalue weighted by Crippen LogP contribution is -2.39. The van der Waals surface area contributed by atoms with E-state index in [0.29, 0.717) is 32.7 Å². The molecule has 0 spiro atoms. The Kier molecular flexibility index (Phi) is 7.65. The van der Waals surface area contributed by atoms with Gasteiger partial charge in [0.25, 0.3) is 0 Å². The van der Waals surface area contributed by atoms with Gasteiger partial charge in [-0.15, -0.1) is 0 Å². The van der Waals surface area contributed by atoms with Crippen LogP contribution in [0, 0.1) is 0 Å². The molecule has 2 saturated heterocycles. The van der Waals surface area contributed by atoms with Gasteiger partial charge in [-0.25, -0.2) is 0 Å². The predicted octanol–water partition coefficient (Wildman–Crippen LogP) is 1.56. The number of hydrogen-bond donors (Lipinski definition) is 0. The van der Waals surface area contributed by atoms with Gasteiger partial charge in [-0.3, -0.25) is 9.59 Å². The monoisotopic (exact) mass is 280 g/mol. The third-order valence-electron chi connectivity index (χ3n) is 3.33. The van der Waals surface area contributed by atoms with E-state index in [2.05, 4.69) is 13.2 Å². The summed E-state index contributed by atoms with van der Waals surface area (Å²) < 4.78 is 5.07. The molecule has 0 bridgehead atoms. The number of morpholine rings is 1. The van der Waals surface area contributed by atoms with Crippen molar-refractivity contribution in [3.63, 3.8) is 0 Å². The van der Waals surface area contributed by atoms with E-state index in [1.54, 1.807) is 16.0 Å². The van der Waals surface area contributed by atoms with E-state index in [1.165, 1.54) is 12.5 Å². The highest BCUT2D eigenvalue weighted by molar-refractivity contribution is 5.87. The van der Waals surface area contributed by atoms with Crippen LogP contribution < -0.4 is 0 Å². The van der Waals surface area contributed by atoms with Gasteiger partial charge in [0.05, 0.1) is 13.2 Å². The first-order valence-electron chi connectivity index (χ1n) is 7.10. The minimum Gasteiger partial charge on any atom is -0.378 e. The maximum absolute atomic E-state index is 11.1. The molecule has 2 amide bonds. The number of likely N-dealkylation sites (tertiary alicyclic amines) is 1. The summed E-state index contributed by atoms with van der Waals surface area (Å²) in [5, 5.41) is 0. The number of ether oxygens (including phenoxy) is 1. The molecule has 0 aromatic heterocycles. The van der Waals surface area contributed by atoms with Crippen molar-refractivity contribution in [1.82, 2.24) is 9.80 Å². The summed E-state index contributed by atoms with van der Waals surface area (Å²) in [4.78, 5) is 25.5. The maximum Gasteiger partial charge on any atom is 0.246 e. The lowest BCUT2D eigenvalue weighted by Gasteiger charge is -2.25. The zero-order chi connectivity index (χ0) is 14.8. The molecule has 0 N–H and O–H groups in total. The highest BCUT2D eigenvalue weighted by Crippen LogP contribution is 2.10. The average molecular weight is 280 g/mol. The van der Waals surface area contributed by atoms with Gasteiger partial charge in [0.15, 0.2) is 0 Å². The second kappa shape index (κ2) is 9.31. The number of amides is 2. The quantitative estimate of drug-likeness (QED) is 0.721. The Labute approximate surface area is 120 Å². The third-order valence-corrected chi connectivity index (χ3v) is 3.33. The molecule has 5 nitrogen and oxygen atoms in total. The maximum atomic E-state index is 11.1. The molecule has 2 aliphatic rings. The summed E-state index contributed by atoms with van der Waals surface area (Å²) >= 11 is 0. The summed E-state index contributed by atoms with van der Waals surface area (Å²) in [5.41, 5.74) is 0. The first-order valence-corrected chi connectivity index (χ1v) is 7.10. The third kappa shape index (κ3) is 5.57. The van der Waals surface area contributed by atoms with Crippen LogP contribution in [0.5, 0.6) is 0 Å². The number of rotatable bonds is 2. The molecule has 5 heteroatoms. The topological polar surface area (TPSA) is 49.9 Å². The fourth-order valence-corrected chi connectivity index (χ4v) is 2.11. The molecule has 0 aliphatic carbocycles. The minimum atomic E-state index is 0.00306. The number of hydrogen-bond acceptors (Lipinski definition) is 3. The van der Waals surface area contributed by atoms with Gasteiger partial charge in [0.1, 0.15) is 0 Å². The van der Waals surface area contributed by atoms with Gasteiger partial charge in [0.2, 0.25) is 11.8 Å². The first-order chi connectivity index (χ1) is 9.69. The molecule has 2 fully saturated rings. The smallest absolute Gasteiger partial charge is 0.246 e. The highest BCUT2D eigenvalue weighted by atomic mass is 16.5. The Morgan fingerprint density at radius 2 is 1.80 bits per heavy atom. The van der Waals surface area contributed by atoms with E-state index in [9.17, 15) is 9.59 Å². The second-order valence-corrected chi connectivity index (χ2v) is 4.72. The van der Waals surface area contributed by atoms with Gasteiger partial charge in [-0.2, -0.15) is 0 Å². The summed E-state index contributed by atoms with van der Waals surface area (Å²) in [7, 11) is 0. The lowest BCUT2D eigenvalue weighted by atomic mass is 10.2. The van der Waals surface area contributed by atoms with Crippen LogP contribution in [0.3, 0.4) is 0 Å². The van der Waals surface area contributed by atoms with Gasteiger partial charge in [-0.1, -0.05) is 19.6 Å². The van der Waals surface area contributed by atoms with E-state index in [4.69, 9.17) is 4.74 Å². The molecule has 0 aromatic carbocycles. The molecule has 112 valence electrons. The zero-order valence-corrected chi connectivity index (χ0v) is 12.1. The van der Waals surface area contributed by atoms with Crippen LogP contribution in [0.15, 0.2) is 25.4 Å². The van der Waals surface area contributed by atoms with Gasteiger partial charge < -0.3 is 14.5 Å². The highest BCUT2D eigenvalue weighted by Gasteiger charge is 2.13. The minimum absolute atomic E-state index is 0.00306. The van der Waals surface area contributed by atoms with Crippen molar-refractivity contribution >= 4 is 11.8 Å². The Bertz CT molecular complexity index is 349. The van der Waals surface area contributed by atoms with Gasteiger partial charge in [-0.05, 0) is 25.1 Å². The van der Waals surface area contributed by atoms with E-state index in [1.807, 2.05) is 0 Å². The van der Waals surface area contributed by atoms with Gasteiger partial charge >= 0.3 is 0 Å². The fourth-order valence-electron chi connectivity index (χ4n) is 2.11. The van der Waals surface area contributed by atoms with Crippen LogP contribution in [-0.4, -0.2) is 54.5 Å². The molecule has 0 aromatic rings. The van der Waals surface area contributed by atoms with Crippen molar-refractivity contribution < 1.29 is 14.3 Å². The molecule has 20 heavy (non-hydrogen) atoms. The molecular weight excluding hydrogens is 256 g/mol. The van der Waals surface area contributed by atoms with Crippen molar-refractivity contribution in [1.29, 1.82) is 0 Å². The molecule has 2 rings (SSSR count). The van der Waals surface area contributed by atoms with Gasteiger partial charge in [0, 0.05) is 26.1 Å². The molecule has 0 saturated carbocycles. The van der Waals surface area contributed by atoms with Crippen molar-refractivity contribution in [2.45, 2.75) is 25.7 Å². The standard InChI is InChI=1S/C8H13NO.C7H11NO2/c1-2-9-7-5-3-4-6-8(9)10;1-2-7(9)8-3-5-10-6-4-8/h2H,1,3-7H2;2H,1,3-6H2. The number of carbonyl (C=O) groups is 2. The van der Waals surface area contributed by atoms with Crippen LogP contribution in [0.4, 0.5) is 0 Å². The summed E-state index contributed by atoms with van der Waals surface area (Å²) in [6, 6.07) is 0. The molecule has 2 heterocycles. The summed E-state index contributed by atoms with van der Waals surface area (Å²) in [6.07, 6.45) is 7.02. The SMILES string of the molecule is C=CC(=O)N1CCOCC1.C=CN1CCCCCC1=O. The summed E-state index contributed by atoms with van der Waals surface area (Å²) in [5.74, 6) is 0.232. The Hall–Kier alpha value is -1.62. The number of carbonyl (C=O) groups excluding carboxylic acids is 2. The first kappa shape index (κ1) is 16.4. The van der Waals surface area contributed by atoms with E-state index in [-0.39, 0.29) is 11.8 Å². The second-order valence-electron chi connectivity index (χ2n) is 4.72. The van der Waals surface area contributed by atoms with Crippen LogP contribution in [0.1, 0.15) is 25.7 Å². The molecular formula is C15H24N2O3. The molecule has 0 radical (unpaired) electrons. The normalized spacial score (nSPS) is 19.5. The van der Waals surface area contributed by atoms with Crippen molar-refractivity contribution in [3.05, 3.63) is 25.4 Å². The van der Waals surface area contributed by atoms with Crippen LogP contribution in [-0.2, 0) is 14.3 Å². The zero-order valence-electron chi connectivity index (χ0n) is 12.1. The largest absolute Gasteiger partial charge is 0.378 e. The Morgan fingerprint density at radius 1 is 1.10 bits per heavy atom. The average Bonchev–Trinajstić information content (AvgIpc) is 2.72. The molecule has 0 atom stereocenters. The van der Waals surface area contributed by atoms with E-state index in [0.717, 1.165) is 19.4 Å². The Morgan fingerprint density at radius 3 is 2.40 bits per heavy atom. The van der Waals surface area contributed by atoms with E-state index < -0.39 is 0 Å². The number of nitrogens with zero attached hydrogens (tertiary/aromatic N) is 2. The van der Waals surface area contributed by atoms with Crippen molar-refractivity contribution in [2.24, 2.45) is 0 Å². The van der Waals surface area contributed by atoms with E-state index >= 15 is 0 Å². The molecule has 2 aliphatic heterocycles. The van der Waals surface area contributed by atoms with Crippen molar-refractivity contribution in [3.8, 4) is 0 Å². The van der Waals surface area contributed by atoms with Crippen LogP contribution in [0.2, 0.25) is 0 Å². The van der Waals surface area contributed by atoms with Crippen LogP contribution in [0.25, 0.3) is 0 Å². The van der Waals surface area contributed by atoms with Crippen molar-refractivity contribution in [2.75, 3.05) is 32.8 Å². The lowest BCUT2D eigenvalue weighted by molar-refractivity contribution is -0.130. The fraction of sp³-hybridized carbons (Fsp3) is 0.600. The Balaban J connectivity index is 0.000000200.